The minimum Gasteiger partial charge on any atom is -0.383 e. The van der Waals surface area contributed by atoms with E-state index in [1.807, 2.05) is 121 Å². The van der Waals surface area contributed by atoms with E-state index in [4.69, 9.17) is 0 Å². The molecule has 0 bridgehead atoms. The maximum atomic E-state index is 13.7. The van der Waals surface area contributed by atoms with Gasteiger partial charge < -0.3 is 55.1 Å². The van der Waals surface area contributed by atoms with Crippen molar-refractivity contribution in [2.75, 3.05) is 72.0 Å². The van der Waals surface area contributed by atoms with E-state index in [1.54, 1.807) is 146 Å². The Morgan fingerprint density at radius 2 is 0.806 bits per heavy atom. The summed E-state index contributed by atoms with van der Waals surface area (Å²) >= 11 is 0. The average molecular weight is 1910 g/mol. The number of aliphatic hydroxyl groups is 2. The first-order valence-electron chi connectivity index (χ1n) is 47.6. The van der Waals surface area contributed by atoms with E-state index in [0.29, 0.717) is 155 Å². The number of imidazole rings is 4. The Balaban J connectivity index is 0.000000141. The highest BCUT2D eigenvalue weighted by Gasteiger charge is 2.49. The van der Waals surface area contributed by atoms with Crippen LogP contribution in [-0.2, 0) is 24.0 Å². The number of piperazine rings is 4. The van der Waals surface area contributed by atoms with Gasteiger partial charge in [0.15, 0.2) is 22.6 Å². The maximum Gasteiger partial charge on any atom is 0.275 e. The third kappa shape index (κ3) is 20.7. The number of hydrogen-bond donors (Lipinski definition) is 4. The van der Waals surface area contributed by atoms with E-state index < -0.39 is 34.4 Å². The summed E-state index contributed by atoms with van der Waals surface area (Å²) in [4.78, 5) is 147. The first-order chi connectivity index (χ1) is 65.8. The van der Waals surface area contributed by atoms with E-state index in [-0.39, 0.29) is 129 Å². The molecule has 4 atom stereocenters. The van der Waals surface area contributed by atoms with Gasteiger partial charge in [-0.05, 0) is 225 Å². The lowest BCUT2D eigenvalue weighted by Crippen LogP contribution is -2.64. The van der Waals surface area contributed by atoms with Crippen molar-refractivity contribution in [2.45, 2.75) is 220 Å². The number of carbonyl (C=O) groups is 9. The zero-order valence-electron chi connectivity index (χ0n) is 81.6. The number of hydrogen-bond acceptors (Lipinski definition) is 19. The summed E-state index contributed by atoms with van der Waals surface area (Å²) in [5, 5.41) is 44.8. The fourth-order valence-corrected chi connectivity index (χ4v) is 18.6. The standard InChI is InChI=1S/C27H31FN6O3.C27H34FN5O3.C26H30FN5O3.C23H26FN5O2/c1-16(2)19-13-21(17-5-7-18(28)8-6-17)31-34-14-22(30-24(19)34)26(37)33-12-11-32(15-27(33,3)4)25(36)20-9-10-23(35)29-20;1-16(2)20-13-21(18-7-9-19(28)10-8-18)30-33-14-22(29-24(20)33)25(35)32-12-11-31(15-27(32,5)6)26(36)23(34)17(3)4;1-16(2)20-13-21(18-5-7-19(27)8-6-18)29-32-15-22(28-23(20)32)24(33)31-12-11-30(14-17(31)3)25(34)26(35)9-4-10-26;1-5-23(4)22(31)25-10-11-28(23)21(30)19-13-29-20(26-19)17(14(2)3)12-18(27-29)15-6-8-16(24)9-7-15/h5-8,13-14,16,20H,9-12,15H2,1-4H3,(H,29,35);7-10,13-14,16-17,23,34H,11-12,15H2,1-6H3;5-8,13,15-17,35H,4,9-12,14H2,1-3H3;6-9,12-14H,5,10-11H2,1-4H3,(H,25,31)/t20-;;17-;/m1.1./s1. The van der Waals surface area contributed by atoms with E-state index >= 15 is 0 Å². The zero-order valence-corrected chi connectivity index (χ0v) is 81.6. The molecule has 6 fully saturated rings. The number of fused-ring (bicyclic) bond motifs is 4. The van der Waals surface area contributed by atoms with Gasteiger partial charge in [-0.1, -0.05) is 76.2 Å². The number of benzene rings is 4. The fourth-order valence-electron chi connectivity index (χ4n) is 18.6. The molecule has 36 heteroatoms. The summed E-state index contributed by atoms with van der Waals surface area (Å²) in [6, 6.07) is 31.6. The molecule has 6 aliphatic rings. The van der Waals surface area contributed by atoms with Crippen LogP contribution in [0.3, 0.4) is 0 Å². The van der Waals surface area contributed by atoms with Crippen molar-refractivity contribution >= 4 is 75.8 Å². The number of nitrogens with zero attached hydrogens (tertiary/aromatic N) is 19. The zero-order chi connectivity index (χ0) is 100. The average Bonchev–Trinajstić information content (AvgIpc) is 1.65. The maximum absolute atomic E-state index is 13.7. The van der Waals surface area contributed by atoms with Crippen LogP contribution in [0.25, 0.3) is 67.6 Å². The number of nitrogens with one attached hydrogen (secondary N) is 2. The van der Waals surface area contributed by atoms with Crippen molar-refractivity contribution in [3.05, 3.63) is 214 Å². The molecule has 12 aromatic rings. The van der Waals surface area contributed by atoms with Gasteiger partial charge in [0, 0.05) is 129 Å². The number of halogens is 4. The quantitative estimate of drug-likeness (QED) is 0.0615. The Morgan fingerprint density at radius 3 is 1.12 bits per heavy atom. The molecule has 732 valence electrons. The van der Waals surface area contributed by atoms with Crippen LogP contribution >= 0.6 is 0 Å². The van der Waals surface area contributed by atoms with Crippen molar-refractivity contribution in [1.29, 1.82) is 0 Å². The molecule has 0 radical (unpaired) electrons. The van der Waals surface area contributed by atoms with Gasteiger partial charge in [0.05, 0.1) is 58.6 Å². The van der Waals surface area contributed by atoms with Crippen LogP contribution in [0.2, 0.25) is 0 Å². The van der Waals surface area contributed by atoms with E-state index in [0.717, 1.165) is 50.9 Å². The molecule has 0 spiro atoms. The van der Waals surface area contributed by atoms with Gasteiger partial charge in [0.2, 0.25) is 17.7 Å². The minimum absolute atomic E-state index is 0.0992. The van der Waals surface area contributed by atoms with Crippen LogP contribution < -0.4 is 10.6 Å². The Kier molecular flexibility index (Phi) is 28.7. The molecule has 8 aromatic heterocycles. The predicted octanol–water partition coefficient (Wildman–Crippen LogP) is 13.4. The Bertz CT molecular complexity index is 6690. The number of rotatable bonds is 17. The number of carbonyl (C=O) groups excluding carboxylic acids is 9. The van der Waals surface area contributed by atoms with E-state index in [9.17, 15) is 70.9 Å². The van der Waals surface area contributed by atoms with Crippen molar-refractivity contribution in [3.63, 3.8) is 0 Å². The highest BCUT2D eigenvalue weighted by Crippen LogP contribution is 2.38. The summed E-state index contributed by atoms with van der Waals surface area (Å²) in [6.45, 7) is 37.3. The lowest BCUT2D eigenvalue weighted by atomic mass is 9.79. The third-order valence-corrected chi connectivity index (χ3v) is 27.2. The SMILES string of the molecule is CC(C)c1cc(-c2ccc(F)cc2)nn2cc(C(=O)N3CCN(C(=O)C(O)C(C)C)CC3(C)C)nc12.CC(C)c1cc(-c2ccc(F)cc2)nn2cc(C(=O)N3CCN(C(=O)C4(O)CCC4)C[C@H]3C)nc12.CC(C)c1cc(-c2ccc(F)cc2)nn2cc(C(=O)N3CCN(C(=O)[C@H]4CCC(=O)N4)CC3(C)C)nc12.CCC1(C)C(=O)NCCN1C(=O)c1cn2nc(-c3ccc(F)cc3)cc(C(C)C)c2n1. The molecule has 5 aliphatic heterocycles. The molecule has 13 heterocycles. The molecule has 139 heavy (non-hydrogen) atoms. The summed E-state index contributed by atoms with van der Waals surface area (Å²) < 4.78 is 60.1. The molecule has 9 amide bonds. The number of aliphatic hydroxyl groups excluding tert-OH is 1. The molecule has 1 aliphatic carbocycles. The third-order valence-electron chi connectivity index (χ3n) is 27.2. The lowest BCUT2D eigenvalue weighted by Gasteiger charge is -2.47. The van der Waals surface area contributed by atoms with E-state index in [1.165, 1.54) is 48.5 Å². The summed E-state index contributed by atoms with van der Waals surface area (Å²) in [5.74, 6) is -2.78. The molecule has 2 unspecified atom stereocenters. The van der Waals surface area contributed by atoms with Gasteiger partial charge in [-0.25, -0.2) is 55.6 Å². The van der Waals surface area contributed by atoms with Crippen molar-refractivity contribution in [2.24, 2.45) is 5.92 Å². The summed E-state index contributed by atoms with van der Waals surface area (Å²) in [5.41, 5.74) is 9.60. The second kappa shape index (κ2) is 40.0. The smallest absolute Gasteiger partial charge is 0.275 e. The fraction of sp³-hybridized carbons (Fsp3) is 0.447. The van der Waals surface area contributed by atoms with E-state index in [2.05, 4.69) is 51.0 Å². The van der Waals surface area contributed by atoms with Gasteiger partial charge in [0.25, 0.3) is 35.4 Å². The highest BCUT2D eigenvalue weighted by molar-refractivity contribution is 6.00. The molecular formula is C103H121F4N21O11. The second-order valence-electron chi connectivity index (χ2n) is 39.9. The highest BCUT2D eigenvalue weighted by atomic mass is 19.1. The van der Waals surface area contributed by atoms with Crippen LogP contribution in [0.5, 0.6) is 0 Å². The summed E-state index contributed by atoms with van der Waals surface area (Å²) in [6.07, 6.45) is 8.70. The lowest BCUT2D eigenvalue weighted by molar-refractivity contribution is -0.162. The number of amides is 9. The van der Waals surface area contributed by atoms with Gasteiger partial charge >= 0.3 is 0 Å². The summed E-state index contributed by atoms with van der Waals surface area (Å²) in [7, 11) is 0. The van der Waals surface area contributed by atoms with Crippen molar-refractivity contribution in [1.82, 2.24) is 103 Å². The molecule has 32 nitrogen and oxygen atoms in total. The normalized spacial score (nSPS) is 18.8. The largest absolute Gasteiger partial charge is 0.383 e. The first-order valence-corrected chi connectivity index (χ1v) is 47.6. The van der Waals surface area contributed by atoms with Gasteiger partial charge in [0.1, 0.15) is 69.3 Å². The molecule has 4 aromatic carbocycles. The molecule has 18 rings (SSSR count). The Labute approximate surface area is 803 Å². The van der Waals surface area contributed by atoms with Crippen molar-refractivity contribution < 1.29 is 70.9 Å². The second-order valence-corrected chi connectivity index (χ2v) is 39.9. The van der Waals surface area contributed by atoms with Crippen LogP contribution in [0.4, 0.5) is 17.6 Å². The van der Waals surface area contributed by atoms with Crippen LogP contribution in [-0.4, -0.2) is 268 Å². The topological polar surface area (TPSA) is 362 Å². The monoisotopic (exact) mass is 1900 g/mol. The van der Waals surface area contributed by atoms with Gasteiger partial charge in [-0.15, -0.1) is 0 Å². The van der Waals surface area contributed by atoms with Crippen molar-refractivity contribution in [3.8, 4) is 45.0 Å². The molecular weight excluding hydrogens is 1780 g/mol. The van der Waals surface area contributed by atoms with Crippen LogP contribution in [0.1, 0.15) is 244 Å². The Hall–Kier alpha value is -13.8. The molecule has 4 N–H and O–H groups in total. The predicted molar refractivity (Wildman–Crippen MR) is 514 cm³/mol. The first kappa shape index (κ1) is 99.7. The minimum atomic E-state index is -1.23. The van der Waals surface area contributed by atoms with Gasteiger partial charge in [-0.3, -0.25) is 43.2 Å². The van der Waals surface area contributed by atoms with Crippen LogP contribution in [0, 0.1) is 29.2 Å². The molecule has 5 saturated heterocycles. The molecule has 1 saturated carbocycles. The van der Waals surface area contributed by atoms with Gasteiger partial charge in [-0.2, -0.15) is 20.4 Å². The van der Waals surface area contributed by atoms with Crippen LogP contribution in [0.15, 0.2) is 146 Å². The number of aromatic nitrogens is 12. The Morgan fingerprint density at radius 1 is 0.460 bits per heavy atom.